The van der Waals surface area contributed by atoms with Gasteiger partial charge in [0.05, 0.1) is 88.1 Å². The summed E-state index contributed by atoms with van der Waals surface area (Å²) in [6, 6.07) is 13.5. The van der Waals surface area contributed by atoms with E-state index in [4.69, 9.17) is 18.9 Å². The molecule has 22 nitrogen and oxygen atoms in total. The predicted molar refractivity (Wildman–Crippen MR) is 371 cm³/mol. The van der Waals surface area contributed by atoms with Gasteiger partial charge in [0.15, 0.2) is 93.5 Å². The molecule has 4 spiro atoms. The lowest BCUT2D eigenvalue weighted by Gasteiger charge is -2.67. The highest BCUT2D eigenvalue weighted by atomic mass is 79.9. The molecule has 8 aliphatic heterocycles. The van der Waals surface area contributed by atoms with Gasteiger partial charge in [-0.1, -0.05) is 24.3 Å². The van der Waals surface area contributed by atoms with Gasteiger partial charge in [0, 0.05) is 123 Å². The summed E-state index contributed by atoms with van der Waals surface area (Å²) in [6.45, 7) is 6.14. The highest BCUT2D eigenvalue weighted by Gasteiger charge is 2.81. The van der Waals surface area contributed by atoms with Gasteiger partial charge in [0.1, 0.15) is 46.6 Å². The zero-order valence-corrected chi connectivity index (χ0v) is 63.6. The van der Waals surface area contributed by atoms with Crippen molar-refractivity contribution in [3.05, 3.63) is 103 Å². The summed E-state index contributed by atoms with van der Waals surface area (Å²) in [4.78, 5) is 51.0. The Hall–Kier alpha value is -5.48. The Morgan fingerprint density at radius 1 is 0.358 bits per heavy atom. The van der Waals surface area contributed by atoms with Crippen molar-refractivity contribution < 1.29 is 131 Å². The van der Waals surface area contributed by atoms with Crippen molar-refractivity contribution in [1.29, 1.82) is 0 Å². The molecule has 4 aromatic carbocycles. The van der Waals surface area contributed by atoms with Crippen LogP contribution in [0.2, 0.25) is 0 Å². The molecule has 12 fully saturated rings. The maximum absolute atomic E-state index is 13.9. The topological polar surface area (TPSA) is 313 Å². The van der Waals surface area contributed by atoms with E-state index in [0.29, 0.717) is 125 Å². The number of rotatable bonds is 8. The van der Waals surface area contributed by atoms with Crippen molar-refractivity contribution in [2.45, 2.75) is 247 Å². The number of quaternary nitrogens is 4. The van der Waals surface area contributed by atoms with Crippen LogP contribution in [0.15, 0.2) is 48.5 Å². The summed E-state index contributed by atoms with van der Waals surface area (Å²) in [6.07, 6.45) is 14.7. The number of aromatic hydroxyl groups is 4. The molecule has 12 aliphatic carbocycles. The monoisotopic (exact) mass is 1580 g/mol. The van der Waals surface area contributed by atoms with E-state index in [1.165, 1.54) is 25.7 Å². The van der Waals surface area contributed by atoms with E-state index in [-0.39, 0.29) is 114 Å². The van der Waals surface area contributed by atoms with Gasteiger partial charge < -0.3 is 122 Å². The Labute approximate surface area is 637 Å². The first-order valence-electron chi connectivity index (χ1n) is 39.5. The summed E-state index contributed by atoms with van der Waals surface area (Å²) >= 11 is 0. The van der Waals surface area contributed by atoms with Crippen LogP contribution in [0.1, 0.15) is 173 Å². The number of aliphatic hydroxyl groups is 4. The number of piperidine rings is 4. The Morgan fingerprint density at radius 2 is 0.594 bits per heavy atom. The van der Waals surface area contributed by atoms with Gasteiger partial charge >= 0.3 is 0 Å². The molecular weight excluding hydrogens is 1490 g/mol. The number of nitrogens with zero attached hydrogens (tertiary/aromatic N) is 4. The highest BCUT2D eigenvalue weighted by Crippen LogP contribution is 2.71. The quantitative estimate of drug-likeness (QED) is 0.0876. The fourth-order valence-corrected chi connectivity index (χ4v) is 27.0. The van der Waals surface area contributed by atoms with Gasteiger partial charge in [-0.2, -0.15) is 0 Å². The van der Waals surface area contributed by atoms with Gasteiger partial charge in [-0.25, -0.2) is 0 Å². The molecule has 0 radical (unpaired) electrons. The maximum Gasteiger partial charge on any atom is 0.174 e. The summed E-state index contributed by atoms with van der Waals surface area (Å²) in [5.41, 5.74) is 0.266. The zero-order valence-electron chi connectivity index (χ0n) is 60.4. The number of likely N-dealkylation sites (N-methyl/N-ethyl adjacent to an activating group) is 2. The molecule has 4 saturated heterocycles. The van der Waals surface area contributed by atoms with Crippen molar-refractivity contribution in [2.75, 3.05) is 66.5 Å². The number of carbonyl (C=O) groups excluding carboxylic acids is 4. The number of carbonyl (C=O) groups is 4. The number of benzene rings is 4. The lowest BCUT2D eigenvalue weighted by molar-refractivity contribution is -0.950. The van der Waals surface area contributed by atoms with E-state index in [9.17, 15) is 70.4 Å². The first-order valence-corrected chi connectivity index (χ1v) is 39.5. The van der Waals surface area contributed by atoms with Crippen LogP contribution in [0.4, 0.5) is 0 Å². The fourth-order valence-electron chi connectivity index (χ4n) is 27.0. The number of phenolic OH excluding ortho intramolecular Hbond substituents is 4. The van der Waals surface area contributed by atoms with Crippen LogP contribution in [0.5, 0.6) is 46.0 Å². The molecule has 4 aromatic rings. The number of halogens is 2. The molecule has 20 aliphatic rings. The van der Waals surface area contributed by atoms with Gasteiger partial charge in [0.2, 0.25) is 0 Å². The molecule has 8 saturated carbocycles. The van der Waals surface area contributed by atoms with Crippen molar-refractivity contribution in [2.24, 2.45) is 23.7 Å². The summed E-state index contributed by atoms with van der Waals surface area (Å²) in [5, 5.41) is 117. The predicted octanol–water partition coefficient (Wildman–Crippen LogP) is 0.424. The molecule has 106 heavy (non-hydrogen) atoms. The first kappa shape index (κ1) is 70.9. The lowest BCUT2D eigenvalue weighted by Crippen LogP contribution is -3.00. The van der Waals surface area contributed by atoms with E-state index in [0.717, 1.165) is 143 Å². The van der Waals surface area contributed by atoms with Gasteiger partial charge in [-0.05, 0) is 124 Å². The molecule has 24 rings (SSSR count). The van der Waals surface area contributed by atoms with Gasteiger partial charge in [-0.3, -0.25) is 19.2 Å². The Balaban J connectivity index is 0.0000000961. The Kier molecular flexibility index (Phi) is 15.1. The second kappa shape index (κ2) is 22.6. The number of likely N-dealkylation sites (tertiary alicyclic amines) is 4. The lowest BCUT2D eigenvalue weighted by atomic mass is 9.48. The summed E-state index contributed by atoms with van der Waals surface area (Å²) in [5.74, 6) is 4.50. The van der Waals surface area contributed by atoms with Crippen molar-refractivity contribution in [3.8, 4) is 46.0 Å². The Bertz CT molecular complexity index is 3970. The normalized spacial score (nSPS) is 44.4. The van der Waals surface area contributed by atoms with Crippen LogP contribution in [0, 0.1) is 34.1 Å². The molecule has 8 unspecified atom stereocenters. The number of hydroxylamine groups is 6. The number of hydrogen-bond donors (Lipinski definition) is 8. The minimum absolute atomic E-state index is 0. The molecule has 0 amide bonds. The average Bonchev–Trinajstić information content (AvgIpc) is 1.49. The smallest absolute Gasteiger partial charge is 0.174 e. The minimum Gasteiger partial charge on any atom is -1.00 e. The van der Waals surface area contributed by atoms with E-state index < -0.39 is 80.6 Å². The maximum atomic E-state index is 13.9. The molecular formula is C82H98Br2N4O18. The average molecular weight is 1590 g/mol. The summed E-state index contributed by atoms with van der Waals surface area (Å²) in [7, 11) is 4.61. The molecule has 8 N–H and O–H groups in total. The van der Waals surface area contributed by atoms with E-state index >= 15 is 0 Å². The molecule has 24 heteroatoms. The highest BCUT2D eigenvalue weighted by molar-refractivity contribution is 5.93. The number of hydrogen-bond acceptors (Lipinski definition) is 18. The van der Waals surface area contributed by atoms with Crippen LogP contribution in [0.25, 0.3) is 0 Å². The molecule has 8 bridgehead atoms. The van der Waals surface area contributed by atoms with Crippen molar-refractivity contribution in [1.82, 2.24) is 0 Å². The van der Waals surface area contributed by atoms with E-state index in [2.05, 4.69) is 14.1 Å². The van der Waals surface area contributed by atoms with Crippen molar-refractivity contribution >= 4 is 23.1 Å². The van der Waals surface area contributed by atoms with Crippen molar-refractivity contribution in [3.63, 3.8) is 0 Å². The van der Waals surface area contributed by atoms with E-state index in [1.807, 2.05) is 24.3 Å². The third-order valence-corrected chi connectivity index (χ3v) is 32.3. The van der Waals surface area contributed by atoms with Gasteiger partial charge in [0.25, 0.3) is 0 Å². The number of phenols is 4. The van der Waals surface area contributed by atoms with Crippen LogP contribution >= 0.6 is 0 Å². The summed E-state index contributed by atoms with van der Waals surface area (Å²) < 4.78 is 25.2. The third kappa shape index (κ3) is 8.79. The SMILES string of the molecule is C[N+]1(CC2CC2)CC[C@@]23c4c5ccc(O)c4O[C@@H]2C(=O)CC[C@]3(O)C1C5.C[N+]1(CC2CC2)CC[C@]23c4c5ccc(O)c4O[C@H]2C(=O)CC[C@@]3(O)C1C5.O=C1CC[C@@]2(O)C3Cc4ccc(O)c5c4[C@@]2(CC[N+]3([O-])CC2CC2)[C@H]1O5.O=C1CC[C@]2(O)C3Cc4ccc(O)c5c4[C@]2(CC[N+]3([O-])CC2CC2)[C@@H]1O5.[Br-].[Br-]. The largest absolute Gasteiger partial charge is 1.00 e. The fraction of sp³-hybridized carbons (Fsp3) is 0.659. The molecule has 568 valence electrons. The molecule has 8 heterocycles. The van der Waals surface area contributed by atoms with Crippen LogP contribution in [0.3, 0.4) is 0 Å². The number of ether oxygens (including phenoxy) is 4. The second-order valence-electron chi connectivity index (χ2n) is 37.4. The number of Topliss-reactive ketones (excluding diaryl/α,β-unsaturated/α-hetero) is 4. The van der Waals surface area contributed by atoms with Gasteiger partial charge in [-0.15, -0.1) is 0 Å². The molecule has 20 atom stereocenters. The standard InChI is InChI=1S/2C21H25NO4.2C20H23NO5.2BrH/c2*1-22(11-12-2-3-12)9-8-20-17-13-4-5-14(23)18(17)26-19(20)15(24)6-7-21(20,25)16(22)10-13;2*22-13-4-3-12-9-15-20(24)6-5-14(23)18-19(20,16(12)17(13)26-18)7-8-21(15,25)10-11-1-2-11;;/h2*4-5,12,16,19,25H,2-3,6-11H2,1H3;2*3-4,11,15,18,22,24H,1-2,5-10H2;2*1H/t2*16?,19-,20-,21+,22?;2*15?,18-,19-,20+,21?;;/m1010../s1. The second-order valence-corrected chi connectivity index (χ2v) is 37.4. The first-order chi connectivity index (χ1) is 49.6. The number of ketones is 4. The minimum atomic E-state index is -1.24. The Morgan fingerprint density at radius 3 is 0.858 bits per heavy atom. The third-order valence-electron chi connectivity index (χ3n) is 32.3. The zero-order chi connectivity index (χ0) is 71.6. The van der Waals surface area contributed by atoms with E-state index in [1.54, 1.807) is 24.3 Å². The molecule has 0 aromatic heterocycles. The van der Waals surface area contributed by atoms with Crippen LogP contribution in [-0.4, -0.2) is 220 Å². The van der Waals surface area contributed by atoms with Crippen LogP contribution < -0.4 is 52.9 Å². The van der Waals surface area contributed by atoms with Crippen LogP contribution in [-0.2, 0) is 66.5 Å².